The third-order valence-corrected chi connectivity index (χ3v) is 4.03. The van der Waals surface area contributed by atoms with Crippen molar-refractivity contribution in [3.63, 3.8) is 0 Å². The highest BCUT2D eigenvalue weighted by Gasteiger charge is 2.06. The number of hydrogen-bond acceptors (Lipinski definition) is 6. The van der Waals surface area contributed by atoms with Crippen molar-refractivity contribution in [2.75, 3.05) is 23.8 Å². The molecule has 0 atom stereocenters. The van der Waals surface area contributed by atoms with Gasteiger partial charge in [0.05, 0.1) is 13.2 Å². The van der Waals surface area contributed by atoms with Crippen LogP contribution in [-0.2, 0) is 9.47 Å². The van der Waals surface area contributed by atoms with E-state index in [9.17, 15) is 9.59 Å². The fraction of sp³-hybridized carbons (Fsp3) is 0.364. The lowest BCUT2D eigenvalue weighted by Crippen LogP contribution is -2.15. The molecule has 165 valence electrons. The Bertz CT molecular complexity index is 731. The first kappa shape index (κ1) is 23.9. The summed E-state index contributed by atoms with van der Waals surface area (Å²) >= 11 is 0. The van der Waals surface area contributed by atoms with Crippen LogP contribution in [0.1, 0.15) is 39.5 Å². The highest BCUT2D eigenvalue weighted by Crippen LogP contribution is 2.18. The van der Waals surface area contributed by atoms with Crippen molar-refractivity contribution < 1.29 is 28.4 Å². The second kappa shape index (κ2) is 13.8. The molecule has 2 rings (SSSR count). The predicted molar refractivity (Wildman–Crippen MR) is 120 cm³/mol. The molecule has 0 aliphatic carbocycles. The quantitative estimate of drug-likeness (QED) is 0.349. The number of ether oxygens (including phenoxy) is 2. The molecule has 0 aromatic heterocycles. The molecule has 0 unspecified atom stereocenters. The number of carbonyl (C=O) groups excluding carboxylic acids is 2. The minimum Gasteiger partial charge on any atom is -0.526 e. The van der Waals surface area contributed by atoms with Gasteiger partial charge in [0.15, 0.2) is 0 Å². The Morgan fingerprint density at radius 3 is 1.45 bits per heavy atom. The van der Waals surface area contributed by atoms with E-state index in [0.717, 1.165) is 25.7 Å². The van der Waals surface area contributed by atoms with Crippen molar-refractivity contribution in [3.05, 3.63) is 48.5 Å². The molecule has 31 heavy (non-hydrogen) atoms. The molecule has 0 heterocycles. The Morgan fingerprint density at radius 2 is 1.10 bits per heavy atom. The Kier molecular flexibility index (Phi) is 10.6. The average Bonchev–Trinajstić information content (AvgIpc) is 2.76. The summed E-state index contributed by atoms with van der Waals surface area (Å²) < 4.78 is 20.9. The van der Waals surface area contributed by atoms with Crippen LogP contribution in [0.4, 0.5) is 21.0 Å². The summed E-state index contributed by atoms with van der Waals surface area (Å²) in [5.74, 6) is 1.08. The van der Waals surface area contributed by atoms with E-state index in [1.807, 2.05) is 13.8 Å². The topological polar surface area (TPSA) is 95.1 Å². The van der Waals surface area contributed by atoms with Gasteiger partial charge in [-0.05, 0) is 61.4 Å². The van der Waals surface area contributed by atoms with Crippen LogP contribution in [0.15, 0.2) is 48.5 Å². The van der Waals surface area contributed by atoms with E-state index in [1.54, 1.807) is 48.5 Å². The minimum atomic E-state index is -0.482. The van der Waals surface area contributed by atoms with Crippen LogP contribution in [0, 0.1) is 0 Å². The molecule has 0 aliphatic heterocycles. The fourth-order valence-corrected chi connectivity index (χ4v) is 2.30. The van der Waals surface area contributed by atoms with E-state index in [4.69, 9.17) is 18.8 Å². The summed E-state index contributed by atoms with van der Waals surface area (Å²) in [6.07, 6.45) is 2.63. The number of unbranched alkanes of at least 4 members (excludes halogenated alkanes) is 2. The van der Waals surface area contributed by atoms with E-state index in [2.05, 4.69) is 10.6 Å². The van der Waals surface area contributed by atoms with Crippen molar-refractivity contribution in [2.24, 2.45) is 0 Å². The molecule has 9 heteroatoms. The molecular formula is C22H28BN2O6. The van der Waals surface area contributed by atoms with Gasteiger partial charge in [-0.1, -0.05) is 26.7 Å². The van der Waals surface area contributed by atoms with Crippen LogP contribution < -0.4 is 19.9 Å². The lowest BCUT2D eigenvalue weighted by Gasteiger charge is -2.10. The second-order valence-electron chi connectivity index (χ2n) is 6.61. The molecule has 0 bridgehead atoms. The first-order valence-corrected chi connectivity index (χ1v) is 10.3. The van der Waals surface area contributed by atoms with Gasteiger partial charge in [-0.3, -0.25) is 10.6 Å². The van der Waals surface area contributed by atoms with Gasteiger partial charge in [-0.25, -0.2) is 9.59 Å². The number of benzene rings is 2. The standard InChI is InChI=1S/C22H28BN2O6/c1-3-5-15-28-21(26)24-17-7-11-19(12-8-17)30-23-31-20-13-9-18(10-14-20)25-22(27)29-16-6-4-2/h7-14H,3-6,15-16H2,1-2H3,(H,24,26)(H,25,27). The van der Waals surface area contributed by atoms with Crippen LogP contribution in [0.2, 0.25) is 0 Å². The maximum atomic E-state index is 11.6. The van der Waals surface area contributed by atoms with Crippen LogP contribution in [-0.4, -0.2) is 33.1 Å². The van der Waals surface area contributed by atoms with Gasteiger partial charge in [0, 0.05) is 11.4 Å². The van der Waals surface area contributed by atoms with Crippen molar-refractivity contribution in [2.45, 2.75) is 39.5 Å². The molecule has 0 saturated heterocycles. The summed E-state index contributed by atoms with van der Waals surface area (Å²) in [7, 11) is 1.20. The third kappa shape index (κ3) is 9.80. The SMILES string of the molecule is CCCCOC(=O)Nc1ccc(O[B]Oc2ccc(NC(=O)OCCCC)cc2)cc1. The Labute approximate surface area is 183 Å². The Morgan fingerprint density at radius 1 is 0.710 bits per heavy atom. The number of amides is 2. The van der Waals surface area contributed by atoms with Gasteiger partial charge in [0.2, 0.25) is 0 Å². The second-order valence-corrected chi connectivity index (χ2v) is 6.61. The molecule has 0 saturated carbocycles. The smallest absolute Gasteiger partial charge is 0.526 e. The maximum Gasteiger partial charge on any atom is 0.658 e. The van der Waals surface area contributed by atoms with Crippen molar-refractivity contribution in [1.82, 2.24) is 0 Å². The molecule has 1 radical (unpaired) electrons. The molecule has 2 amide bonds. The highest BCUT2D eigenvalue weighted by atomic mass is 16.6. The molecule has 0 spiro atoms. The Balaban J connectivity index is 1.69. The van der Waals surface area contributed by atoms with Gasteiger partial charge in [-0.15, -0.1) is 0 Å². The van der Waals surface area contributed by atoms with Gasteiger partial charge >= 0.3 is 19.9 Å². The Hall–Kier alpha value is -3.36. The van der Waals surface area contributed by atoms with Crippen LogP contribution in [0.3, 0.4) is 0 Å². The molecule has 8 nitrogen and oxygen atoms in total. The predicted octanol–water partition coefficient (Wildman–Crippen LogP) is 5.38. The first-order chi connectivity index (χ1) is 15.1. The van der Waals surface area contributed by atoms with Crippen molar-refractivity contribution in [3.8, 4) is 11.5 Å². The summed E-state index contributed by atoms with van der Waals surface area (Å²) in [4.78, 5) is 23.2. The maximum absolute atomic E-state index is 11.6. The van der Waals surface area contributed by atoms with Crippen LogP contribution in [0.5, 0.6) is 11.5 Å². The van der Waals surface area contributed by atoms with Crippen LogP contribution in [0.25, 0.3) is 0 Å². The summed E-state index contributed by atoms with van der Waals surface area (Å²) in [6.45, 7) is 4.86. The van der Waals surface area contributed by atoms with E-state index < -0.39 is 12.2 Å². The normalized spacial score (nSPS) is 10.0. The molecule has 0 fully saturated rings. The number of anilines is 2. The van der Waals surface area contributed by atoms with Gasteiger partial charge in [0.25, 0.3) is 0 Å². The van der Waals surface area contributed by atoms with Crippen molar-refractivity contribution >= 4 is 31.2 Å². The van der Waals surface area contributed by atoms with E-state index in [-0.39, 0.29) is 0 Å². The average molecular weight is 427 g/mol. The lowest BCUT2D eigenvalue weighted by molar-refractivity contribution is 0.159. The molecule has 2 N–H and O–H groups in total. The zero-order chi connectivity index (χ0) is 22.3. The monoisotopic (exact) mass is 427 g/mol. The van der Waals surface area contributed by atoms with Crippen LogP contribution >= 0.6 is 0 Å². The van der Waals surface area contributed by atoms with Gasteiger partial charge in [0.1, 0.15) is 11.5 Å². The number of nitrogens with one attached hydrogen (secondary N) is 2. The summed E-state index contributed by atoms with van der Waals surface area (Å²) in [5.41, 5.74) is 1.21. The molecule has 2 aromatic carbocycles. The van der Waals surface area contributed by atoms with Gasteiger partial charge in [-0.2, -0.15) is 0 Å². The van der Waals surface area contributed by atoms with Gasteiger partial charge < -0.3 is 18.8 Å². The molecule has 0 aliphatic rings. The fourth-order valence-electron chi connectivity index (χ4n) is 2.30. The molecule has 2 aromatic rings. The lowest BCUT2D eigenvalue weighted by atomic mass is 10.2. The zero-order valence-electron chi connectivity index (χ0n) is 17.9. The summed E-state index contributed by atoms with van der Waals surface area (Å²) in [6, 6.07) is 13.6. The van der Waals surface area contributed by atoms with E-state index in [0.29, 0.717) is 36.1 Å². The third-order valence-electron chi connectivity index (χ3n) is 4.03. The van der Waals surface area contributed by atoms with E-state index >= 15 is 0 Å². The number of rotatable bonds is 12. The number of hydrogen-bond donors (Lipinski definition) is 2. The summed E-state index contributed by atoms with van der Waals surface area (Å²) in [5, 5.41) is 5.29. The first-order valence-electron chi connectivity index (χ1n) is 10.3. The largest absolute Gasteiger partial charge is 0.658 e. The number of carbonyl (C=O) groups is 2. The molecular weight excluding hydrogens is 399 g/mol. The highest BCUT2D eigenvalue weighted by molar-refractivity contribution is 6.20. The van der Waals surface area contributed by atoms with Crippen molar-refractivity contribution in [1.29, 1.82) is 0 Å². The minimum absolute atomic E-state index is 0.399. The van der Waals surface area contributed by atoms with E-state index in [1.165, 1.54) is 7.69 Å². The zero-order valence-corrected chi connectivity index (χ0v) is 17.9.